The standard InChI is InChI=1S/C20H19Cl2N3O3S2/c1-28-17-2-4-18(5-3-17)30(26,27)25-8-6-24(7-9-25)20-23-19(13-29-20)14-10-15(21)12-16(22)11-14/h2-5,10-13H,6-9H2,1H3. The number of anilines is 1. The predicted octanol–water partition coefficient (Wildman–Crippen LogP) is 4.64. The number of methoxy groups -OCH3 is 1. The van der Waals surface area contributed by atoms with Crippen molar-refractivity contribution >= 4 is 49.7 Å². The number of halogens is 2. The molecule has 0 amide bonds. The Balaban J connectivity index is 1.45. The third-order valence-electron chi connectivity index (χ3n) is 4.86. The maximum absolute atomic E-state index is 12.9. The van der Waals surface area contributed by atoms with Gasteiger partial charge in [0.25, 0.3) is 0 Å². The summed E-state index contributed by atoms with van der Waals surface area (Å²) in [5.74, 6) is 0.624. The minimum absolute atomic E-state index is 0.270. The lowest BCUT2D eigenvalue weighted by Crippen LogP contribution is -2.48. The lowest BCUT2D eigenvalue weighted by molar-refractivity contribution is 0.384. The van der Waals surface area contributed by atoms with Gasteiger partial charge in [0.05, 0.1) is 17.7 Å². The highest BCUT2D eigenvalue weighted by Crippen LogP contribution is 2.32. The van der Waals surface area contributed by atoms with Crippen molar-refractivity contribution in [2.24, 2.45) is 0 Å². The summed E-state index contributed by atoms with van der Waals surface area (Å²) >= 11 is 13.7. The molecule has 1 aliphatic heterocycles. The highest BCUT2D eigenvalue weighted by Gasteiger charge is 2.29. The zero-order valence-electron chi connectivity index (χ0n) is 16.1. The summed E-state index contributed by atoms with van der Waals surface area (Å²) in [7, 11) is -1.99. The van der Waals surface area contributed by atoms with Gasteiger partial charge in [0.2, 0.25) is 10.0 Å². The van der Waals surface area contributed by atoms with Crippen LogP contribution in [0.25, 0.3) is 11.3 Å². The van der Waals surface area contributed by atoms with Crippen molar-refractivity contribution in [1.29, 1.82) is 0 Å². The molecule has 1 aromatic heterocycles. The fourth-order valence-corrected chi connectivity index (χ4v) is 6.10. The second kappa shape index (κ2) is 8.72. The zero-order valence-corrected chi connectivity index (χ0v) is 19.2. The molecule has 0 N–H and O–H groups in total. The summed E-state index contributed by atoms with van der Waals surface area (Å²) in [6.07, 6.45) is 0. The number of benzene rings is 2. The molecule has 0 bridgehead atoms. The van der Waals surface area contributed by atoms with E-state index in [0.717, 1.165) is 16.4 Å². The number of hydrogen-bond donors (Lipinski definition) is 0. The molecule has 0 aliphatic carbocycles. The number of hydrogen-bond acceptors (Lipinski definition) is 6. The largest absolute Gasteiger partial charge is 0.497 e. The molecule has 158 valence electrons. The third-order valence-corrected chi connectivity index (χ3v) is 8.11. The van der Waals surface area contributed by atoms with Crippen molar-refractivity contribution < 1.29 is 13.2 Å². The van der Waals surface area contributed by atoms with E-state index in [-0.39, 0.29) is 4.90 Å². The van der Waals surface area contributed by atoms with E-state index in [4.69, 9.17) is 32.9 Å². The Morgan fingerprint density at radius 2 is 1.63 bits per heavy atom. The number of sulfonamides is 1. The Morgan fingerprint density at radius 3 is 2.23 bits per heavy atom. The molecule has 2 heterocycles. The molecule has 0 radical (unpaired) electrons. The van der Waals surface area contributed by atoms with Crippen LogP contribution in [0.3, 0.4) is 0 Å². The number of nitrogens with zero attached hydrogens (tertiary/aromatic N) is 3. The van der Waals surface area contributed by atoms with Crippen molar-refractivity contribution in [2.75, 3.05) is 38.2 Å². The van der Waals surface area contributed by atoms with Crippen molar-refractivity contribution in [3.63, 3.8) is 0 Å². The van der Waals surface area contributed by atoms with Crippen LogP contribution in [-0.4, -0.2) is 51.0 Å². The molecule has 1 saturated heterocycles. The van der Waals surface area contributed by atoms with Crippen LogP contribution in [0.1, 0.15) is 0 Å². The Labute approximate surface area is 189 Å². The highest BCUT2D eigenvalue weighted by atomic mass is 35.5. The van der Waals surface area contributed by atoms with Crippen LogP contribution < -0.4 is 9.64 Å². The molecule has 3 aromatic rings. The lowest BCUT2D eigenvalue weighted by Gasteiger charge is -2.33. The highest BCUT2D eigenvalue weighted by molar-refractivity contribution is 7.89. The summed E-state index contributed by atoms with van der Waals surface area (Å²) in [6.45, 7) is 1.93. The van der Waals surface area contributed by atoms with Gasteiger partial charge in [0, 0.05) is 47.2 Å². The molecule has 1 aliphatic rings. The summed E-state index contributed by atoms with van der Waals surface area (Å²) in [5.41, 5.74) is 1.66. The van der Waals surface area contributed by atoms with Crippen molar-refractivity contribution in [3.05, 3.63) is 57.9 Å². The quantitative estimate of drug-likeness (QED) is 0.528. The lowest BCUT2D eigenvalue weighted by atomic mass is 10.2. The van der Waals surface area contributed by atoms with E-state index in [9.17, 15) is 8.42 Å². The van der Waals surface area contributed by atoms with Crippen LogP contribution in [0.2, 0.25) is 10.0 Å². The average Bonchev–Trinajstić information content (AvgIpc) is 3.23. The SMILES string of the molecule is COc1ccc(S(=O)(=O)N2CCN(c3nc(-c4cc(Cl)cc(Cl)c4)cs3)CC2)cc1. The minimum atomic E-state index is -3.54. The van der Waals surface area contributed by atoms with Crippen LogP contribution in [0.4, 0.5) is 5.13 Å². The van der Waals surface area contributed by atoms with E-state index >= 15 is 0 Å². The summed E-state index contributed by atoms with van der Waals surface area (Å²) in [4.78, 5) is 7.06. The number of aromatic nitrogens is 1. The molecule has 6 nitrogen and oxygen atoms in total. The molecule has 10 heteroatoms. The Hall–Kier alpha value is -1.84. The van der Waals surface area contributed by atoms with Crippen LogP contribution in [-0.2, 0) is 10.0 Å². The summed E-state index contributed by atoms with van der Waals surface area (Å²) in [6, 6.07) is 11.8. The van der Waals surface area contributed by atoms with Gasteiger partial charge in [-0.25, -0.2) is 13.4 Å². The molecule has 0 spiro atoms. The number of thiazole rings is 1. The van der Waals surface area contributed by atoms with E-state index in [1.165, 1.54) is 15.6 Å². The van der Waals surface area contributed by atoms with E-state index in [0.29, 0.717) is 42.0 Å². The Kier molecular flexibility index (Phi) is 6.22. The second-order valence-corrected chi connectivity index (χ2v) is 10.4. The van der Waals surface area contributed by atoms with Gasteiger partial charge in [-0.1, -0.05) is 23.2 Å². The van der Waals surface area contributed by atoms with E-state index in [1.807, 2.05) is 17.5 Å². The number of rotatable bonds is 5. The van der Waals surface area contributed by atoms with Gasteiger partial charge in [-0.15, -0.1) is 11.3 Å². The van der Waals surface area contributed by atoms with Gasteiger partial charge in [-0.2, -0.15) is 4.31 Å². The molecule has 1 fully saturated rings. The first-order chi connectivity index (χ1) is 14.4. The maximum atomic E-state index is 12.9. The minimum Gasteiger partial charge on any atom is -0.497 e. The molecule has 30 heavy (non-hydrogen) atoms. The molecular formula is C20H19Cl2N3O3S2. The van der Waals surface area contributed by atoms with Gasteiger partial charge in [0.15, 0.2) is 5.13 Å². The normalized spacial score (nSPS) is 15.4. The van der Waals surface area contributed by atoms with Crippen molar-refractivity contribution in [1.82, 2.24) is 9.29 Å². The summed E-state index contributed by atoms with van der Waals surface area (Å²) in [5, 5.41) is 3.93. The summed E-state index contributed by atoms with van der Waals surface area (Å²) < 4.78 is 32.4. The van der Waals surface area contributed by atoms with Gasteiger partial charge in [-0.05, 0) is 42.5 Å². The van der Waals surface area contributed by atoms with Crippen molar-refractivity contribution in [3.8, 4) is 17.0 Å². The predicted molar refractivity (Wildman–Crippen MR) is 122 cm³/mol. The number of ether oxygens (including phenoxy) is 1. The zero-order chi connectivity index (χ0) is 21.3. The third kappa shape index (κ3) is 4.43. The smallest absolute Gasteiger partial charge is 0.243 e. The monoisotopic (exact) mass is 483 g/mol. The van der Waals surface area contributed by atoms with Crippen LogP contribution >= 0.6 is 34.5 Å². The van der Waals surface area contributed by atoms with Crippen LogP contribution in [0.15, 0.2) is 52.7 Å². The maximum Gasteiger partial charge on any atom is 0.243 e. The fourth-order valence-electron chi connectivity index (χ4n) is 3.26. The van der Waals surface area contributed by atoms with Gasteiger partial charge < -0.3 is 9.64 Å². The van der Waals surface area contributed by atoms with Crippen molar-refractivity contribution in [2.45, 2.75) is 4.90 Å². The van der Waals surface area contributed by atoms with Crippen LogP contribution in [0, 0.1) is 0 Å². The molecule has 2 aromatic carbocycles. The molecule has 4 rings (SSSR count). The van der Waals surface area contributed by atoms with Crippen LogP contribution in [0.5, 0.6) is 5.75 Å². The fraction of sp³-hybridized carbons (Fsp3) is 0.250. The Morgan fingerprint density at radius 1 is 1.00 bits per heavy atom. The van der Waals surface area contributed by atoms with Gasteiger partial charge >= 0.3 is 0 Å². The second-order valence-electron chi connectivity index (χ2n) is 6.74. The molecule has 0 unspecified atom stereocenters. The van der Waals surface area contributed by atoms with Gasteiger partial charge in [0.1, 0.15) is 5.75 Å². The first-order valence-electron chi connectivity index (χ1n) is 9.18. The van der Waals surface area contributed by atoms with E-state index < -0.39 is 10.0 Å². The molecule has 0 saturated carbocycles. The topological polar surface area (TPSA) is 62.7 Å². The first kappa shape index (κ1) is 21.4. The molecule has 0 atom stereocenters. The van der Waals surface area contributed by atoms with Gasteiger partial charge in [-0.3, -0.25) is 0 Å². The average molecular weight is 484 g/mol. The van der Waals surface area contributed by atoms with E-state index in [1.54, 1.807) is 37.4 Å². The van der Waals surface area contributed by atoms with E-state index in [2.05, 4.69) is 4.90 Å². The Bertz CT molecular complexity index is 1120. The molecular weight excluding hydrogens is 465 g/mol. The number of piperazine rings is 1. The first-order valence-corrected chi connectivity index (χ1v) is 12.3.